The Morgan fingerprint density at radius 3 is 0.762 bits per heavy atom. The predicted molar refractivity (Wildman–Crippen MR) is 103 cm³/mol. The molecule has 0 unspecified atom stereocenters. The van der Waals surface area contributed by atoms with E-state index in [4.69, 9.17) is 1.41 Å². The summed E-state index contributed by atoms with van der Waals surface area (Å²) < 4.78 is 16.4. The Hall–Kier alpha value is 1.56. The van der Waals surface area contributed by atoms with Gasteiger partial charge in [0.15, 0.2) is 0 Å². The minimum absolute atomic E-state index is 1.36. The van der Waals surface area contributed by atoms with Crippen molar-refractivity contribution in [3.63, 3.8) is 0 Å². The Morgan fingerprint density at radius 2 is 0.619 bits per heavy atom. The zero-order chi connectivity index (χ0) is 16.2. The Labute approximate surface area is 144 Å². The third-order valence-electron chi connectivity index (χ3n) is 4.67. The van der Waals surface area contributed by atoms with Crippen LogP contribution in [0.3, 0.4) is 0 Å². The van der Waals surface area contributed by atoms with Crippen LogP contribution in [0, 0.1) is 0 Å². The number of rotatable bonds is 14. The van der Waals surface area contributed by atoms with E-state index in [0.717, 1.165) is 0 Å². The first-order valence-electron chi connectivity index (χ1n) is 9.77. The van der Waals surface area contributed by atoms with Crippen molar-refractivity contribution >= 4 is 37.6 Å². The van der Waals surface area contributed by atoms with Crippen molar-refractivity contribution in [2.45, 2.75) is 107 Å². The second-order valence-electron chi connectivity index (χ2n) is 6.97. The van der Waals surface area contributed by atoms with E-state index in [1.54, 1.807) is 0 Å². The molecule has 0 spiro atoms. The average molecular weight is 512 g/mol. The molecule has 0 fully saturated rings. The van der Waals surface area contributed by atoms with Crippen LogP contribution in [0.2, 0.25) is 26.6 Å². The summed E-state index contributed by atoms with van der Waals surface area (Å²) in [6.45, 7) is 14.3. The Morgan fingerprint density at radius 1 is 0.429 bits per heavy atom. The van der Waals surface area contributed by atoms with Crippen molar-refractivity contribution < 1.29 is 1.41 Å². The Bertz CT molecular complexity index is 185. The molecule has 0 atom stereocenters. The summed E-state index contributed by atoms with van der Waals surface area (Å²) in [6, 6.07) is 0. The van der Waals surface area contributed by atoms with Gasteiger partial charge in [-0.1, -0.05) is 0 Å². The van der Waals surface area contributed by atoms with E-state index in [1.165, 1.54) is 65.1 Å². The van der Waals surface area contributed by atoms with Crippen molar-refractivity contribution in [2.75, 3.05) is 0 Å². The Kier molecular flexibility index (Phi) is 13.9. The molecule has 0 aliphatic rings. The Balaban J connectivity index is 5.30. The van der Waals surface area contributed by atoms with Gasteiger partial charge in [0.25, 0.3) is 0 Å². The van der Waals surface area contributed by atoms with Gasteiger partial charge in [0.1, 0.15) is 0 Å². The zero-order valence-corrected chi connectivity index (χ0v) is 21.6. The maximum atomic E-state index is 7.49. The summed E-state index contributed by atoms with van der Waals surface area (Å²) in [7, 11) is 0. The number of hydrogen-bond acceptors (Lipinski definition) is 1. The van der Waals surface area contributed by atoms with E-state index in [-0.39, 0.29) is 0 Å². The summed E-state index contributed by atoms with van der Waals surface area (Å²) in [5.41, 5.74) is 0. The average Bonchev–Trinajstić information content (AvgIpc) is 2.40. The van der Waals surface area contributed by atoms with Gasteiger partial charge in [-0.15, -0.1) is 0 Å². The van der Waals surface area contributed by atoms with Gasteiger partial charge in [0.2, 0.25) is 0 Å². The van der Waals surface area contributed by atoms with Crippen molar-refractivity contribution in [2.24, 2.45) is 0 Å². The van der Waals surface area contributed by atoms with Crippen molar-refractivity contribution in [1.29, 1.82) is 0 Å². The first-order valence-corrected chi connectivity index (χ1v) is 24.2. The van der Waals surface area contributed by atoms with E-state index in [0.29, 0.717) is 0 Å². The van der Waals surface area contributed by atoms with Crippen LogP contribution in [0.1, 0.15) is 80.1 Å². The van der Waals surface area contributed by atoms with E-state index < -0.39 is 37.6 Å². The fourth-order valence-electron chi connectivity index (χ4n) is 4.25. The van der Waals surface area contributed by atoms with Gasteiger partial charge in [-0.05, 0) is 0 Å². The van der Waals surface area contributed by atoms with Crippen LogP contribution < -0.4 is 0 Å². The normalized spacial score (nSPS) is 12.9. The molecular formula is C18H42OSn2. The molecule has 0 aromatic rings. The van der Waals surface area contributed by atoms with Crippen LogP contribution >= 0.6 is 0 Å². The summed E-state index contributed by atoms with van der Waals surface area (Å²) >= 11 is -4.62. The molecule has 0 aromatic heterocycles. The molecule has 0 saturated carbocycles. The van der Waals surface area contributed by atoms with Gasteiger partial charge < -0.3 is 0 Å². The molecule has 0 radical (unpaired) electrons. The minimum atomic E-state index is -2.31. The summed E-state index contributed by atoms with van der Waals surface area (Å²) in [5.74, 6) is 0. The van der Waals surface area contributed by atoms with Crippen LogP contribution in [-0.4, -0.2) is 37.6 Å². The molecule has 1 nitrogen and oxygen atoms in total. The maximum absolute atomic E-state index is 7.49. The molecule has 0 rings (SSSR count). The van der Waals surface area contributed by atoms with Crippen LogP contribution in [0.25, 0.3) is 0 Å². The standard InChI is InChI=1S/6C3H7.O.2Sn/c6*1-3-2;;;/h6*1,3H2,2H3;;;. The molecule has 0 aliphatic heterocycles. The van der Waals surface area contributed by atoms with Crippen LogP contribution in [0.4, 0.5) is 0 Å². The second kappa shape index (κ2) is 12.9. The quantitative estimate of drug-likeness (QED) is 0.221. The molecule has 0 amide bonds. The summed E-state index contributed by atoms with van der Waals surface area (Å²) in [6.07, 6.45) is 8.18. The third-order valence-corrected chi connectivity index (χ3v) is 47.9. The first kappa shape index (κ1) is 22.6. The predicted octanol–water partition coefficient (Wildman–Crippen LogP) is 7.35. The second-order valence-corrected chi connectivity index (χ2v) is 33.5. The molecule has 0 bridgehead atoms. The summed E-state index contributed by atoms with van der Waals surface area (Å²) in [5, 5.41) is 0. The summed E-state index contributed by atoms with van der Waals surface area (Å²) in [4.78, 5) is 0. The van der Waals surface area contributed by atoms with Crippen LogP contribution in [-0.2, 0) is 1.41 Å². The van der Waals surface area contributed by atoms with E-state index in [9.17, 15) is 0 Å². The molecule has 0 aliphatic carbocycles. The monoisotopic (exact) mass is 514 g/mol. The van der Waals surface area contributed by atoms with Crippen molar-refractivity contribution in [3.05, 3.63) is 0 Å². The van der Waals surface area contributed by atoms with Gasteiger partial charge in [0.05, 0.1) is 0 Å². The van der Waals surface area contributed by atoms with Crippen molar-refractivity contribution in [3.8, 4) is 0 Å². The van der Waals surface area contributed by atoms with Gasteiger partial charge in [-0.2, -0.15) is 0 Å². The van der Waals surface area contributed by atoms with Gasteiger partial charge in [-0.25, -0.2) is 0 Å². The van der Waals surface area contributed by atoms with Gasteiger partial charge in [-0.3, -0.25) is 0 Å². The SMILES string of the molecule is CC[CH2][Sn]([CH2]CC)([CH2]CC)[O][Sn]([CH2]CC)([CH2]CC)[CH2]CC. The molecular weight excluding hydrogens is 470 g/mol. The van der Waals surface area contributed by atoms with E-state index in [2.05, 4.69) is 41.5 Å². The molecule has 0 aromatic carbocycles. The fourth-order valence-corrected chi connectivity index (χ4v) is 57.8. The van der Waals surface area contributed by atoms with Crippen LogP contribution in [0.15, 0.2) is 0 Å². The van der Waals surface area contributed by atoms with Gasteiger partial charge in [0, 0.05) is 0 Å². The third kappa shape index (κ3) is 8.28. The number of hydrogen-bond donors (Lipinski definition) is 0. The molecule has 0 saturated heterocycles. The zero-order valence-electron chi connectivity index (χ0n) is 15.9. The van der Waals surface area contributed by atoms with Crippen molar-refractivity contribution in [1.82, 2.24) is 0 Å². The van der Waals surface area contributed by atoms with Crippen LogP contribution in [0.5, 0.6) is 0 Å². The topological polar surface area (TPSA) is 9.23 Å². The molecule has 21 heavy (non-hydrogen) atoms. The first-order chi connectivity index (χ1) is 10.1. The molecule has 0 N–H and O–H groups in total. The van der Waals surface area contributed by atoms with E-state index in [1.807, 2.05) is 0 Å². The molecule has 3 heteroatoms. The van der Waals surface area contributed by atoms with Gasteiger partial charge >= 0.3 is 146 Å². The molecule has 128 valence electrons. The molecule has 0 heterocycles. The van der Waals surface area contributed by atoms with E-state index >= 15 is 0 Å². The fraction of sp³-hybridized carbons (Fsp3) is 1.00.